The van der Waals surface area contributed by atoms with Crippen molar-refractivity contribution in [3.63, 3.8) is 0 Å². The van der Waals surface area contributed by atoms with E-state index < -0.39 is 0 Å². The van der Waals surface area contributed by atoms with Crippen LogP contribution in [-0.2, 0) is 4.79 Å². The quantitative estimate of drug-likeness (QED) is 0.529. The monoisotopic (exact) mass is 370 g/mol. The van der Waals surface area contributed by atoms with Gasteiger partial charge in [0.1, 0.15) is 5.75 Å². The Labute approximate surface area is 154 Å². The maximum atomic E-state index is 12.0. The average molecular weight is 370 g/mol. The number of hydrogen-bond donors (Lipinski definition) is 4. The van der Waals surface area contributed by atoms with Gasteiger partial charge >= 0.3 is 5.69 Å². The van der Waals surface area contributed by atoms with Crippen LogP contribution in [0.2, 0.25) is 0 Å². The maximum Gasteiger partial charge on any atom is 0.323 e. The third-order valence-electron chi connectivity index (χ3n) is 3.94. The highest BCUT2D eigenvalue weighted by molar-refractivity contribution is 7.80. The number of nitrogens with one attached hydrogen (secondary N) is 4. The molecule has 3 rings (SSSR count). The van der Waals surface area contributed by atoms with Crippen molar-refractivity contribution in [2.45, 2.75) is 13.8 Å². The van der Waals surface area contributed by atoms with E-state index in [0.29, 0.717) is 22.5 Å². The van der Waals surface area contributed by atoms with E-state index in [1.165, 1.54) is 0 Å². The Morgan fingerprint density at radius 1 is 1.15 bits per heavy atom. The fraction of sp³-hybridized carbons (Fsp3) is 0.167. The highest BCUT2D eigenvalue weighted by Gasteiger charge is 2.09. The molecule has 3 aromatic rings. The lowest BCUT2D eigenvalue weighted by Crippen LogP contribution is -2.37. The number of hydrogen-bond acceptors (Lipinski definition) is 4. The second-order valence-corrected chi connectivity index (χ2v) is 6.24. The van der Waals surface area contributed by atoms with Crippen LogP contribution in [0.4, 0.5) is 5.69 Å². The van der Waals surface area contributed by atoms with Crippen LogP contribution >= 0.6 is 12.2 Å². The fourth-order valence-electron chi connectivity index (χ4n) is 2.46. The van der Waals surface area contributed by atoms with Gasteiger partial charge in [0.25, 0.3) is 5.91 Å². The molecular weight excluding hydrogens is 352 g/mol. The number of imidazole rings is 1. The van der Waals surface area contributed by atoms with Crippen molar-refractivity contribution in [3.8, 4) is 5.75 Å². The molecule has 2 aromatic carbocycles. The Kier molecular flexibility index (Phi) is 5.04. The normalized spacial score (nSPS) is 10.5. The van der Waals surface area contributed by atoms with Gasteiger partial charge in [-0.15, -0.1) is 0 Å². The van der Waals surface area contributed by atoms with E-state index in [9.17, 15) is 9.59 Å². The number of H-pyrrole nitrogens is 2. The standard InChI is InChI=1S/C18H18N4O3S/c1-10-4-3-5-15(11(10)2)25-9-16(23)22-18(26)19-12-6-7-13-14(8-12)21-17(24)20-13/h3-8H,9H2,1-2H3,(H2,20,21,24)(H2,19,22,23,26). The Morgan fingerprint density at radius 3 is 2.73 bits per heavy atom. The van der Waals surface area contributed by atoms with E-state index in [2.05, 4.69) is 20.6 Å². The molecular formula is C18H18N4O3S. The van der Waals surface area contributed by atoms with Crippen LogP contribution in [0.5, 0.6) is 5.75 Å². The summed E-state index contributed by atoms with van der Waals surface area (Å²) >= 11 is 5.14. The Balaban J connectivity index is 1.55. The minimum absolute atomic E-state index is 0.143. The van der Waals surface area contributed by atoms with Crippen LogP contribution in [0.25, 0.3) is 11.0 Å². The number of thiocarbonyl (C=S) groups is 1. The zero-order valence-electron chi connectivity index (χ0n) is 14.3. The molecule has 134 valence electrons. The summed E-state index contributed by atoms with van der Waals surface area (Å²) in [6, 6.07) is 10.9. The van der Waals surface area contributed by atoms with Gasteiger partial charge in [0, 0.05) is 5.69 Å². The number of rotatable bonds is 4. The van der Waals surface area contributed by atoms with E-state index in [1.807, 2.05) is 32.0 Å². The zero-order chi connectivity index (χ0) is 18.7. The summed E-state index contributed by atoms with van der Waals surface area (Å²) in [5.41, 5.74) is 3.79. The van der Waals surface area contributed by atoms with Gasteiger partial charge in [-0.2, -0.15) is 0 Å². The number of carbonyl (C=O) groups excluding carboxylic acids is 1. The number of benzene rings is 2. The predicted molar refractivity (Wildman–Crippen MR) is 105 cm³/mol. The van der Waals surface area contributed by atoms with Crippen LogP contribution in [0.15, 0.2) is 41.2 Å². The van der Waals surface area contributed by atoms with Crippen molar-refractivity contribution in [2.75, 3.05) is 11.9 Å². The van der Waals surface area contributed by atoms with E-state index in [4.69, 9.17) is 17.0 Å². The molecule has 8 heteroatoms. The first-order valence-electron chi connectivity index (χ1n) is 7.94. The molecule has 0 spiro atoms. The molecule has 0 bridgehead atoms. The first-order chi connectivity index (χ1) is 12.4. The van der Waals surface area contributed by atoms with Gasteiger partial charge in [-0.25, -0.2) is 4.79 Å². The minimum Gasteiger partial charge on any atom is -0.483 e. The summed E-state index contributed by atoms with van der Waals surface area (Å²) in [5.74, 6) is 0.306. The average Bonchev–Trinajstić information content (AvgIpc) is 2.95. The van der Waals surface area contributed by atoms with Gasteiger partial charge in [-0.1, -0.05) is 12.1 Å². The zero-order valence-corrected chi connectivity index (χ0v) is 15.1. The highest BCUT2D eigenvalue weighted by Crippen LogP contribution is 2.20. The molecule has 0 saturated carbocycles. The van der Waals surface area contributed by atoms with Crippen molar-refractivity contribution in [2.24, 2.45) is 0 Å². The van der Waals surface area contributed by atoms with Crippen molar-refractivity contribution < 1.29 is 9.53 Å². The number of carbonyl (C=O) groups is 1. The smallest absolute Gasteiger partial charge is 0.323 e. The largest absolute Gasteiger partial charge is 0.483 e. The summed E-state index contributed by atoms with van der Waals surface area (Å²) < 4.78 is 5.55. The lowest BCUT2D eigenvalue weighted by atomic mass is 10.1. The van der Waals surface area contributed by atoms with E-state index in [1.54, 1.807) is 18.2 Å². The lowest BCUT2D eigenvalue weighted by Gasteiger charge is -2.12. The number of ether oxygens (including phenoxy) is 1. The molecule has 7 nitrogen and oxygen atoms in total. The maximum absolute atomic E-state index is 12.0. The molecule has 0 aliphatic carbocycles. The number of aromatic nitrogens is 2. The van der Waals surface area contributed by atoms with Gasteiger partial charge in [0.05, 0.1) is 11.0 Å². The van der Waals surface area contributed by atoms with E-state index >= 15 is 0 Å². The second-order valence-electron chi connectivity index (χ2n) is 5.83. The van der Waals surface area contributed by atoms with Crippen LogP contribution in [0.3, 0.4) is 0 Å². The van der Waals surface area contributed by atoms with Crippen molar-refractivity contribution >= 4 is 40.0 Å². The first-order valence-corrected chi connectivity index (χ1v) is 8.35. The molecule has 0 aliphatic heterocycles. The molecule has 1 amide bonds. The first kappa shape index (κ1) is 17.7. The number of aromatic amines is 2. The van der Waals surface area contributed by atoms with Crippen molar-refractivity contribution in [1.82, 2.24) is 15.3 Å². The third-order valence-corrected chi connectivity index (χ3v) is 4.14. The summed E-state index contributed by atoms with van der Waals surface area (Å²) in [6.07, 6.45) is 0. The van der Waals surface area contributed by atoms with Crippen LogP contribution < -0.4 is 21.1 Å². The Hall–Kier alpha value is -3.13. The van der Waals surface area contributed by atoms with Crippen molar-refractivity contribution in [1.29, 1.82) is 0 Å². The molecule has 1 heterocycles. The van der Waals surface area contributed by atoms with E-state index in [-0.39, 0.29) is 23.3 Å². The fourth-order valence-corrected chi connectivity index (χ4v) is 2.69. The molecule has 0 unspecified atom stereocenters. The Morgan fingerprint density at radius 2 is 1.92 bits per heavy atom. The second kappa shape index (κ2) is 7.40. The number of aryl methyl sites for hydroxylation is 1. The van der Waals surface area contributed by atoms with Crippen LogP contribution in [0.1, 0.15) is 11.1 Å². The summed E-state index contributed by atoms with van der Waals surface area (Å²) in [5, 5.41) is 5.61. The summed E-state index contributed by atoms with van der Waals surface area (Å²) in [4.78, 5) is 28.6. The number of anilines is 1. The summed E-state index contributed by atoms with van der Waals surface area (Å²) in [6.45, 7) is 3.78. The molecule has 0 saturated heterocycles. The predicted octanol–water partition coefficient (Wildman–Crippen LogP) is 2.37. The van der Waals surface area contributed by atoms with Gasteiger partial charge < -0.3 is 20.0 Å². The van der Waals surface area contributed by atoms with Gasteiger partial charge in [0.15, 0.2) is 11.7 Å². The SMILES string of the molecule is Cc1cccc(OCC(=O)NC(=S)Nc2ccc3[nH]c(=O)[nH]c3c2)c1C. The molecule has 0 radical (unpaired) electrons. The van der Waals surface area contributed by atoms with Gasteiger partial charge in [-0.05, 0) is 61.5 Å². The minimum atomic E-state index is -0.362. The number of fused-ring (bicyclic) bond motifs is 1. The topological polar surface area (TPSA) is 99.0 Å². The molecule has 1 aromatic heterocycles. The van der Waals surface area contributed by atoms with Crippen molar-refractivity contribution in [3.05, 3.63) is 58.0 Å². The number of amides is 1. The van der Waals surface area contributed by atoms with Gasteiger partial charge in [-0.3, -0.25) is 10.1 Å². The van der Waals surface area contributed by atoms with Crippen LogP contribution in [-0.4, -0.2) is 27.6 Å². The third kappa shape index (κ3) is 4.09. The molecule has 0 atom stereocenters. The molecule has 0 aliphatic rings. The highest BCUT2D eigenvalue weighted by atomic mass is 32.1. The molecule has 26 heavy (non-hydrogen) atoms. The van der Waals surface area contributed by atoms with Gasteiger partial charge in [0.2, 0.25) is 0 Å². The summed E-state index contributed by atoms with van der Waals surface area (Å²) in [7, 11) is 0. The molecule has 4 N–H and O–H groups in total. The van der Waals surface area contributed by atoms with Crippen LogP contribution in [0, 0.1) is 13.8 Å². The van der Waals surface area contributed by atoms with E-state index in [0.717, 1.165) is 11.1 Å². The lowest BCUT2D eigenvalue weighted by molar-refractivity contribution is -0.121. The molecule has 0 fully saturated rings. The Bertz CT molecular complexity index is 1040.